The van der Waals surface area contributed by atoms with Crippen molar-refractivity contribution in [2.75, 3.05) is 11.9 Å². The second kappa shape index (κ2) is 5.38. The fourth-order valence-electron chi connectivity index (χ4n) is 1.17. The minimum absolute atomic E-state index is 0.750. The van der Waals surface area contributed by atoms with Gasteiger partial charge in [-0.2, -0.15) is 0 Å². The molecular weight excluding hydrogens is 160 g/mol. The number of allylic oxidation sites excluding steroid dienone is 1. The summed E-state index contributed by atoms with van der Waals surface area (Å²) < 4.78 is 0. The number of rotatable bonds is 0. The van der Waals surface area contributed by atoms with Gasteiger partial charge in [-0.1, -0.05) is 31.2 Å². The third kappa shape index (κ3) is 2.92. The van der Waals surface area contributed by atoms with Gasteiger partial charge in [0.25, 0.3) is 0 Å². The summed E-state index contributed by atoms with van der Waals surface area (Å²) in [6.07, 6.45) is 5.17. The van der Waals surface area contributed by atoms with Gasteiger partial charge in [0.05, 0.1) is 0 Å². The largest absolute Gasteiger partial charge is 0.362 e. The summed E-state index contributed by atoms with van der Waals surface area (Å²) in [4.78, 5) is 0. The van der Waals surface area contributed by atoms with Crippen LogP contribution in [0.25, 0.3) is 0 Å². The molecule has 0 atom stereocenters. The average molecular weight is 176 g/mol. The lowest BCUT2D eigenvalue weighted by Gasteiger charge is -2.10. The molecule has 3 N–H and O–H groups in total. The number of nitrogens with two attached hydrogens (primary N) is 1. The van der Waals surface area contributed by atoms with Crippen LogP contribution < -0.4 is 11.1 Å². The third-order valence-corrected chi connectivity index (χ3v) is 1.71. The van der Waals surface area contributed by atoms with Crippen LogP contribution in [0.1, 0.15) is 12.5 Å². The van der Waals surface area contributed by atoms with Crippen LogP contribution in [0, 0.1) is 0 Å². The van der Waals surface area contributed by atoms with E-state index in [4.69, 9.17) is 5.73 Å². The molecule has 0 bridgehead atoms. The summed E-state index contributed by atoms with van der Waals surface area (Å²) in [6, 6.07) is 8.36. The topological polar surface area (TPSA) is 38.0 Å². The molecule has 0 fully saturated rings. The molecule has 1 aliphatic rings. The summed E-state index contributed by atoms with van der Waals surface area (Å²) in [5, 5.41) is 3.18. The molecule has 1 aromatic carbocycles. The lowest BCUT2D eigenvalue weighted by atomic mass is 10.1. The Kier molecular flexibility index (Phi) is 4.06. The van der Waals surface area contributed by atoms with Crippen LogP contribution in [0.15, 0.2) is 36.5 Å². The monoisotopic (exact) mass is 176 g/mol. The predicted octanol–water partition coefficient (Wildman–Crippen LogP) is 2.13. The van der Waals surface area contributed by atoms with E-state index in [0.29, 0.717) is 0 Å². The molecule has 2 nitrogen and oxygen atoms in total. The Bertz CT molecular complexity index is 252. The van der Waals surface area contributed by atoms with Crippen molar-refractivity contribution in [3.63, 3.8) is 0 Å². The molecule has 2 rings (SSSR count). The van der Waals surface area contributed by atoms with E-state index >= 15 is 0 Å². The number of anilines is 1. The first-order valence-corrected chi connectivity index (χ1v) is 4.58. The van der Waals surface area contributed by atoms with E-state index in [1.807, 2.05) is 19.2 Å². The Hall–Kier alpha value is -1.28. The number of para-hydroxylation sites is 1. The Balaban J connectivity index is 0.000000251. The van der Waals surface area contributed by atoms with Crippen molar-refractivity contribution in [3.05, 3.63) is 42.1 Å². The van der Waals surface area contributed by atoms with Crippen LogP contribution >= 0.6 is 0 Å². The van der Waals surface area contributed by atoms with E-state index in [1.54, 1.807) is 0 Å². The lowest BCUT2D eigenvalue weighted by Crippen LogP contribution is -1.98. The number of hydrogen-bond donors (Lipinski definition) is 2. The highest BCUT2D eigenvalue weighted by Gasteiger charge is 1.99. The Morgan fingerprint density at radius 2 is 2.08 bits per heavy atom. The van der Waals surface area contributed by atoms with E-state index in [2.05, 4.69) is 29.6 Å². The summed E-state index contributed by atoms with van der Waals surface area (Å²) >= 11 is 0. The smallest absolute Gasteiger partial charge is 0.0415 e. The van der Waals surface area contributed by atoms with Crippen molar-refractivity contribution in [2.24, 2.45) is 5.73 Å². The van der Waals surface area contributed by atoms with Crippen molar-refractivity contribution >= 4 is 5.69 Å². The van der Waals surface area contributed by atoms with Gasteiger partial charge in [0.2, 0.25) is 0 Å². The van der Waals surface area contributed by atoms with Gasteiger partial charge in [-0.15, -0.1) is 0 Å². The normalized spacial score (nSPS) is 12.2. The Morgan fingerprint density at radius 3 is 2.77 bits per heavy atom. The van der Waals surface area contributed by atoms with Crippen LogP contribution in [-0.2, 0) is 6.42 Å². The van der Waals surface area contributed by atoms with Gasteiger partial charge in [0.15, 0.2) is 0 Å². The highest BCUT2D eigenvalue weighted by molar-refractivity contribution is 5.55. The molecule has 0 radical (unpaired) electrons. The quantitative estimate of drug-likeness (QED) is 0.635. The van der Waals surface area contributed by atoms with Crippen LogP contribution in [-0.4, -0.2) is 6.54 Å². The van der Waals surface area contributed by atoms with Crippen LogP contribution in [0.3, 0.4) is 0 Å². The third-order valence-electron chi connectivity index (χ3n) is 1.71. The molecule has 0 aromatic heterocycles. The first-order valence-electron chi connectivity index (χ1n) is 4.58. The number of hydrogen-bond acceptors (Lipinski definition) is 2. The maximum absolute atomic E-state index is 4.85. The molecule has 1 aromatic rings. The van der Waals surface area contributed by atoms with E-state index in [1.165, 1.54) is 11.3 Å². The molecule has 0 aliphatic carbocycles. The van der Waals surface area contributed by atoms with Crippen molar-refractivity contribution in [1.29, 1.82) is 0 Å². The zero-order valence-electron chi connectivity index (χ0n) is 7.96. The van der Waals surface area contributed by atoms with Crippen LogP contribution in [0.5, 0.6) is 0 Å². The summed E-state index contributed by atoms with van der Waals surface area (Å²) in [5.41, 5.74) is 7.47. The molecule has 0 spiro atoms. The van der Waals surface area contributed by atoms with E-state index in [9.17, 15) is 0 Å². The SMILES string of the molecule is C1=CNc2ccccc2C1.CCN. The van der Waals surface area contributed by atoms with E-state index in [-0.39, 0.29) is 0 Å². The van der Waals surface area contributed by atoms with Crippen molar-refractivity contribution in [3.8, 4) is 0 Å². The second-order valence-electron chi connectivity index (χ2n) is 2.82. The van der Waals surface area contributed by atoms with E-state index in [0.717, 1.165) is 13.0 Å². The van der Waals surface area contributed by atoms with Gasteiger partial charge in [0, 0.05) is 5.69 Å². The van der Waals surface area contributed by atoms with Crippen molar-refractivity contribution < 1.29 is 0 Å². The fourth-order valence-corrected chi connectivity index (χ4v) is 1.17. The highest BCUT2D eigenvalue weighted by Crippen LogP contribution is 2.18. The molecule has 0 amide bonds. The zero-order valence-corrected chi connectivity index (χ0v) is 7.96. The first-order chi connectivity index (χ1) is 6.38. The number of fused-ring (bicyclic) bond motifs is 1. The van der Waals surface area contributed by atoms with Crippen molar-refractivity contribution in [1.82, 2.24) is 0 Å². The zero-order chi connectivity index (χ0) is 9.52. The molecular formula is C11H16N2. The van der Waals surface area contributed by atoms with Gasteiger partial charge in [-0.05, 0) is 30.8 Å². The van der Waals surface area contributed by atoms with Gasteiger partial charge in [-0.25, -0.2) is 0 Å². The molecule has 0 unspecified atom stereocenters. The predicted molar refractivity (Wildman–Crippen MR) is 57.6 cm³/mol. The van der Waals surface area contributed by atoms with Crippen LogP contribution in [0.2, 0.25) is 0 Å². The van der Waals surface area contributed by atoms with Gasteiger partial charge in [0.1, 0.15) is 0 Å². The maximum Gasteiger partial charge on any atom is 0.0415 e. The first kappa shape index (κ1) is 9.81. The molecule has 0 saturated carbocycles. The molecule has 70 valence electrons. The van der Waals surface area contributed by atoms with Crippen LogP contribution in [0.4, 0.5) is 5.69 Å². The minimum atomic E-state index is 0.750. The highest BCUT2D eigenvalue weighted by atomic mass is 14.8. The summed E-state index contributed by atoms with van der Waals surface area (Å²) in [7, 11) is 0. The van der Waals surface area contributed by atoms with Gasteiger partial charge < -0.3 is 11.1 Å². The maximum atomic E-state index is 4.85. The molecule has 2 heteroatoms. The molecule has 1 heterocycles. The minimum Gasteiger partial charge on any atom is -0.362 e. The van der Waals surface area contributed by atoms with Crippen molar-refractivity contribution in [2.45, 2.75) is 13.3 Å². The lowest BCUT2D eigenvalue weighted by molar-refractivity contribution is 1.14. The molecule has 13 heavy (non-hydrogen) atoms. The Morgan fingerprint density at radius 1 is 1.38 bits per heavy atom. The average Bonchev–Trinajstić information content (AvgIpc) is 2.19. The molecule has 1 aliphatic heterocycles. The Labute approximate surface area is 79.5 Å². The van der Waals surface area contributed by atoms with Gasteiger partial charge in [-0.3, -0.25) is 0 Å². The number of nitrogens with one attached hydrogen (secondary N) is 1. The fraction of sp³-hybridized carbons (Fsp3) is 0.273. The van der Waals surface area contributed by atoms with Gasteiger partial charge >= 0.3 is 0 Å². The molecule has 0 saturated heterocycles. The summed E-state index contributed by atoms with van der Waals surface area (Å²) in [5.74, 6) is 0. The van der Waals surface area contributed by atoms with E-state index < -0.39 is 0 Å². The second-order valence-corrected chi connectivity index (χ2v) is 2.82. The number of benzene rings is 1. The standard InChI is InChI=1S/C9H9N.C2H7N/c1-2-6-9-8(4-1)5-3-7-10-9;1-2-3/h1-4,6-7,10H,5H2;2-3H2,1H3. The summed E-state index contributed by atoms with van der Waals surface area (Å²) in [6.45, 7) is 2.65.